The molecule has 0 aliphatic rings. The van der Waals surface area contributed by atoms with Crippen LogP contribution in [0.1, 0.15) is 12.0 Å². The van der Waals surface area contributed by atoms with Crippen LogP contribution in [0.4, 0.5) is 0 Å². The summed E-state index contributed by atoms with van der Waals surface area (Å²) in [5.41, 5.74) is 1.82. The average Bonchev–Trinajstić information content (AvgIpc) is 2.96. The van der Waals surface area contributed by atoms with Crippen molar-refractivity contribution in [2.45, 2.75) is 19.4 Å². The third-order valence-corrected chi connectivity index (χ3v) is 5.51. The minimum absolute atomic E-state index is 0.191. The molecule has 1 aromatic heterocycles. The molecule has 0 aliphatic heterocycles. The molecule has 0 fully saturated rings. The van der Waals surface area contributed by atoms with Crippen molar-refractivity contribution in [3.8, 4) is 12.3 Å². The molecule has 0 saturated heterocycles. The summed E-state index contributed by atoms with van der Waals surface area (Å²) in [6, 6.07) is 13.4. The molecule has 0 bridgehead atoms. The first-order valence-electron chi connectivity index (χ1n) is 7.62. The fourth-order valence-corrected chi connectivity index (χ4v) is 4.02. The van der Waals surface area contributed by atoms with E-state index in [2.05, 4.69) is 10.9 Å². The first kappa shape index (κ1) is 17.8. The number of hydrogen-bond acceptors (Lipinski definition) is 2. The molecule has 0 aliphatic carbocycles. The monoisotopic (exact) mass is 388 g/mol. The molecule has 3 aromatic rings. The van der Waals surface area contributed by atoms with E-state index in [-0.39, 0.29) is 12.5 Å². The van der Waals surface area contributed by atoms with Crippen LogP contribution in [0.2, 0.25) is 10.0 Å². The summed E-state index contributed by atoms with van der Waals surface area (Å²) < 4.78 is 2.65. The number of thiazole rings is 1. The molecule has 3 nitrogen and oxygen atoms in total. The first-order valence-corrected chi connectivity index (χ1v) is 9.19. The Morgan fingerprint density at radius 2 is 1.96 bits per heavy atom. The van der Waals surface area contributed by atoms with Crippen molar-refractivity contribution in [2.75, 3.05) is 0 Å². The van der Waals surface area contributed by atoms with Gasteiger partial charge in [0.15, 0.2) is 4.80 Å². The Bertz CT molecular complexity index is 1030. The van der Waals surface area contributed by atoms with Crippen molar-refractivity contribution in [1.29, 1.82) is 0 Å². The van der Waals surface area contributed by atoms with Crippen LogP contribution in [0.5, 0.6) is 0 Å². The molecule has 25 heavy (non-hydrogen) atoms. The quantitative estimate of drug-likeness (QED) is 0.596. The van der Waals surface area contributed by atoms with Gasteiger partial charge < -0.3 is 4.57 Å². The minimum Gasteiger partial charge on any atom is -0.303 e. The molecule has 126 valence electrons. The summed E-state index contributed by atoms with van der Waals surface area (Å²) in [6.07, 6.45) is 6.45. The highest BCUT2D eigenvalue weighted by molar-refractivity contribution is 7.16. The van der Waals surface area contributed by atoms with Crippen LogP contribution in [0.25, 0.3) is 10.2 Å². The minimum atomic E-state index is -0.191. The van der Waals surface area contributed by atoms with Crippen molar-refractivity contribution in [3.05, 3.63) is 62.9 Å². The van der Waals surface area contributed by atoms with Gasteiger partial charge in [0.1, 0.15) is 0 Å². The van der Waals surface area contributed by atoms with Gasteiger partial charge in [-0.05, 0) is 24.1 Å². The van der Waals surface area contributed by atoms with E-state index in [0.29, 0.717) is 33.2 Å². The Kier molecular flexibility index (Phi) is 5.60. The maximum Gasteiger partial charge on any atom is 0.248 e. The second-order valence-corrected chi connectivity index (χ2v) is 7.17. The number of hydrogen-bond donors (Lipinski definition) is 0. The molecule has 0 spiro atoms. The van der Waals surface area contributed by atoms with Gasteiger partial charge in [-0.25, -0.2) is 0 Å². The van der Waals surface area contributed by atoms with Crippen molar-refractivity contribution < 1.29 is 4.79 Å². The van der Waals surface area contributed by atoms with E-state index in [0.717, 1.165) is 10.3 Å². The molecule has 0 unspecified atom stereocenters. The van der Waals surface area contributed by atoms with Crippen LogP contribution in [-0.2, 0) is 17.8 Å². The highest BCUT2D eigenvalue weighted by Crippen LogP contribution is 2.32. The number of nitrogens with zero attached hydrogens (tertiary/aromatic N) is 2. The fourth-order valence-electron chi connectivity index (χ4n) is 2.48. The number of rotatable bonds is 4. The molecule has 2 aromatic carbocycles. The largest absolute Gasteiger partial charge is 0.303 e. The van der Waals surface area contributed by atoms with Crippen LogP contribution >= 0.6 is 34.5 Å². The molecular weight excluding hydrogens is 375 g/mol. The zero-order chi connectivity index (χ0) is 17.8. The van der Waals surface area contributed by atoms with E-state index in [1.54, 1.807) is 10.6 Å². The Labute approximate surface area is 159 Å². The highest BCUT2D eigenvalue weighted by Gasteiger charge is 2.13. The number of carbonyl (C=O) groups is 1. The number of amides is 1. The highest BCUT2D eigenvalue weighted by atomic mass is 35.5. The number of aromatic nitrogens is 1. The Balaban J connectivity index is 1.95. The summed E-state index contributed by atoms with van der Waals surface area (Å²) in [5.74, 6) is 2.39. The number of benzene rings is 2. The lowest BCUT2D eigenvalue weighted by atomic mass is 10.1. The topological polar surface area (TPSA) is 34.4 Å². The number of halogens is 2. The Morgan fingerprint density at radius 3 is 2.68 bits per heavy atom. The lowest BCUT2D eigenvalue weighted by molar-refractivity contribution is -0.118. The fraction of sp³-hybridized carbons (Fsp3) is 0.158. The van der Waals surface area contributed by atoms with E-state index in [1.165, 1.54) is 11.3 Å². The summed E-state index contributed by atoms with van der Waals surface area (Å²) in [7, 11) is 0. The molecule has 0 saturated carbocycles. The Morgan fingerprint density at radius 1 is 1.20 bits per heavy atom. The summed E-state index contributed by atoms with van der Waals surface area (Å²) in [5, 5.41) is 0.864. The third-order valence-electron chi connectivity index (χ3n) is 3.67. The van der Waals surface area contributed by atoms with Crippen LogP contribution < -0.4 is 4.80 Å². The van der Waals surface area contributed by atoms with Crippen LogP contribution in [-0.4, -0.2) is 10.5 Å². The van der Waals surface area contributed by atoms with E-state index < -0.39 is 0 Å². The Hall–Kier alpha value is -2.06. The SMILES string of the molecule is C#CCn1c(=NC(=O)CCc2ccccc2)sc2ccc(Cl)c(Cl)c21. The van der Waals surface area contributed by atoms with E-state index in [1.807, 2.05) is 36.4 Å². The normalized spacial score (nSPS) is 11.6. The zero-order valence-electron chi connectivity index (χ0n) is 13.2. The number of aryl methyl sites for hydroxylation is 1. The summed E-state index contributed by atoms with van der Waals surface area (Å²) >= 11 is 13.8. The van der Waals surface area contributed by atoms with Crippen LogP contribution in [0.3, 0.4) is 0 Å². The first-order chi connectivity index (χ1) is 12.1. The lowest BCUT2D eigenvalue weighted by Gasteiger charge is -2.03. The summed E-state index contributed by atoms with van der Waals surface area (Å²) in [6.45, 7) is 0.269. The van der Waals surface area contributed by atoms with Gasteiger partial charge in [0.25, 0.3) is 0 Å². The van der Waals surface area contributed by atoms with Gasteiger partial charge in [-0.1, -0.05) is 70.8 Å². The predicted octanol–water partition coefficient (Wildman–Crippen LogP) is 4.70. The smallest absolute Gasteiger partial charge is 0.248 e. The van der Waals surface area contributed by atoms with Crippen LogP contribution in [0, 0.1) is 12.3 Å². The molecule has 0 atom stereocenters. The second kappa shape index (κ2) is 7.88. The number of fused-ring (bicyclic) bond motifs is 1. The predicted molar refractivity (Wildman–Crippen MR) is 104 cm³/mol. The van der Waals surface area contributed by atoms with Crippen molar-refractivity contribution in [2.24, 2.45) is 4.99 Å². The van der Waals surface area contributed by atoms with Gasteiger partial charge in [0.2, 0.25) is 5.91 Å². The van der Waals surface area contributed by atoms with Gasteiger partial charge in [-0.2, -0.15) is 4.99 Å². The molecular formula is C19H14Cl2N2OS. The van der Waals surface area contributed by atoms with E-state index >= 15 is 0 Å². The number of carbonyl (C=O) groups excluding carboxylic acids is 1. The van der Waals surface area contributed by atoms with Gasteiger partial charge in [0, 0.05) is 6.42 Å². The molecule has 1 heterocycles. The van der Waals surface area contributed by atoms with Gasteiger partial charge in [0.05, 0.1) is 26.8 Å². The van der Waals surface area contributed by atoms with Crippen molar-refractivity contribution in [3.63, 3.8) is 0 Å². The molecule has 6 heteroatoms. The van der Waals surface area contributed by atoms with Crippen LogP contribution in [0.15, 0.2) is 47.5 Å². The standard InChI is InChI=1S/C19H14Cl2N2OS/c1-2-12-23-18-15(10-9-14(20)17(18)21)25-19(23)22-16(24)11-8-13-6-4-3-5-7-13/h1,3-7,9-10H,8,11-12H2. The maximum atomic E-state index is 12.3. The van der Waals surface area contributed by atoms with E-state index in [4.69, 9.17) is 29.6 Å². The molecule has 0 radical (unpaired) electrons. The third kappa shape index (κ3) is 3.96. The average molecular weight is 389 g/mol. The van der Waals surface area contributed by atoms with Gasteiger partial charge in [-0.15, -0.1) is 6.42 Å². The van der Waals surface area contributed by atoms with E-state index in [9.17, 15) is 4.79 Å². The summed E-state index contributed by atoms with van der Waals surface area (Å²) in [4.78, 5) is 17.1. The van der Waals surface area contributed by atoms with Crippen molar-refractivity contribution >= 4 is 50.7 Å². The van der Waals surface area contributed by atoms with Gasteiger partial charge in [-0.3, -0.25) is 4.79 Å². The molecule has 0 N–H and O–H groups in total. The second-order valence-electron chi connectivity index (χ2n) is 5.37. The molecule has 1 amide bonds. The van der Waals surface area contributed by atoms with Gasteiger partial charge >= 0.3 is 0 Å². The maximum absolute atomic E-state index is 12.3. The number of terminal acetylenes is 1. The van der Waals surface area contributed by atoms with Crippen molar-refractivity contribution in [1.82, 2.24) is 4.57 Å². The zero-order valence-corrected chi connectivity index (χ0v) is 15.5. The lowest BCUT2D eigenvalue weighted by Crippen LogP contribution is -2.16. The molecule has 3 rings (SSSR count).